The lowest BCUT2D eigenvalue weighted by Gasteiger charge is -2.41. The first-order chi connectivity index (χ1) is 41.3. The van der Waals surface area contributed by atoms with Crippen molar-refractivity contribution in [3.8, 4) is 11.5 Å². The van der Waals surface area contributed by atoms with Crippen molar-refractivity contribution in [2.45, 2.75) is 64.2 Å². The predicted molar refractivity (Wildman–Crippen MR) is 321 cm³/mol. The number of nitrogens with two attached hydrogens (primary N) is 1. The Labute approximate surface area is 508 Å². The van der Waals surface area contributed by atoms with Gasteiger partial charge in [0.2, 0.25) is 17.7 Å². The SMILES string of the molecule is CC(=O)c1cn(CC(=O)N2C[Si](C)(C)C[C@H]2C(=O)NCc2cccc(Cl)c2F)c2ccc(OC(=O)N3CCOCC3)cc12.CP(=O)(O)CCNC(=O)Oc1ccc2c(N3CCN4CC[C@@H](C(=O)NCc5cccc(Cl)c5F)N4C3=O)cn(C(N)=O)c2c1. The second kappa shape index (κ2) is 26.6. The molecule has 4 aliphatic rings. The van der Waals surface area contributed by atoms with E-state index in [4.69, 9.17) is 43.1 Å². The minimum absolute atomic E-state index is 0.0239. The van der Waals surface area contributed by atoms with E-state index in [0.717, 1.165) is 4.57 Å². The van der Waals surface area contributed by atoms with Crippen molar-refractivity contribution in [3.63, 3.8) is 0 Å². The maximum atomic E-state index is 14.4. The quantitative estimate of drug-likeness (QED) is 0.0388. The van der Waals surface area contributed by atoms with E-state index in [1.165, 1.54) is 60.0 Å². The molecule has 0 saturated carbocycles. The molecular weight excluding hydrogens is 1210 g/mol. The largest absolute Gasteiger partial charge is 0.415 e. The monoisotopic (exact) mass is 1280 g/mol. The topological polar surface area (TPSA) is 290 Å². The van der Waals surface area contributed by atoms with E-state index in [-0.39, 0.29) is 94.7 Å². The predicted octanol–water partition coefficient (Wildman–Crippen LogP) is 7.14. The summed E-state index contributed by atoms with van der Waals surface area (Å²) in [6.45, 7) is 9.41. The zero-order valence-electron chi connectivity index (χ0n) is 47.9. The van der Waals surface area contributed by atoms with E-state index in [2.05, 4.69) is 29.0 Å². The molecule has 4 aromatic carbocycles. The van der Waals surface area contributed by atoms with Crippen molar-refractivity contribution < 1.29 is 70.8 Å². The van der Waals surface area contributed by atoms with Gasteiger partial charge >= 0.3 is 24.2 Å². The van der Waals surface area contributed by atoms with E-state index in [1.54, 1.807) is 68.0 Å². The molecule has 10 rings (SSSR count). The minimum atomic E-state index is -3.31. The molecule has 4 fully saturated rings. The summed E-state index contributed by atoms with van der Waals surface area (Å²) >= 11 is 11.7. The van der Waals surface area contributed by atoms with Gasteiger partial charge in [-0.1, -0.05) is 60.6 Å². The number of carbonyl (C=O) groups excluding carboxylic acids is 8. The van der Waals surface area contributed by atoms with E-state index < -0.39 is 69.3 Å². The van der Waals surface area contributed by atoms with Crippen molar-refractivity contribution in [2.75, 3.05) is 76.4 Å². The highest BCUT2D eigenvalue weighted by atomic mass is 35.5. The third-order valence-electron chi connectivity index (χ3n) is 15.2. The highest BCUT2D eigenvalue weighted by Gasteiger charge is 2.46. The Morgan fingerprint density at radius 2 is 1.43 bits per heavy atom. The normalized spacial score (nSPS) is 18.1. The fraction of sp³-hybridized carbons (Fsp3) is 0.368. The fourth-order valence-electron chi connectivity index (χ4n) is 10.9. The molecule has 4 aliphatic heterocycles. The van der Waals surface area contributed by atoms with E-state index in [1.807, 2.05) is 0 Å². The van der Waals surface area contributed by atoms with Crippen molar-refractivity contribution in [1.29, 1.82) is 0 Å². The number of rotatable bonds is 15. The summed E-state index contributed by atoms with van der Waals surface area (Å²) in [6.07, 6.45) is 2.39. The van der Waals surface area contributed by atoms with Crippen molar-refractivity contribution in [2.24, 2.45) is 5.73 Å². The Bertz CT molecular complexity index is 3770. The van der Waals surface area contributed by atoms with Gasteiger partial charge in [-0.25, -0.2) is 38.0 Å². The summed E-state index contributed by atoms with van der Waals surface area (Å²) < 4.78 is 59.0. The first-order valence-electron chi connectivity index (χ1n) is 27.7. The van der Waals surface area contributed by atoms with Crippen LogP contribution >= 0.6 is 30.6 Å². The number of ether oxygens (including phenoxy) is 3. The van der Waals surface area contributed by atoms with Crippen molar-refractivity contribution >= 4 is 114 Å². The third-order valence-corrected chi connectivity index (χ3v) is 19.5. The lowest BCUT2D eigenvalue weighted by Crippen LogP contribution is -2.61. The number of hydrogen-bond donors (Lipinski definition) is 5. The average Bonchev–Trinajstić information content (AvgIpc) is 1.70. The number of benzene rings is 4. The van der Waals surface area contributed by atoms with Gasteiger partial charge in [-0.05, 0) is 61.9 Å². The van der Waals surface area contributed by atoms with Gasteiger partial charge in [-0.15, -0.1) is 0 Å². The standard InChI is InChI=1S/C30H34ClFN4O6Si.C27H30ClFN7O7P/c1-19(37)23-15-35(25-8-7-21(13-22(23)25)42-30(40)34-9-11-41-12-10-34)16-27(38)36-18-43(2,3)17-26(36)29(39)33-14-20-5-4-6-24(31)28(20)32;1-44(41,42)12-8-31-26(39)43-17-5-6-18-21(13-17)35(25(30)38)15-22(18)34-11-10-33-9-7-20(36(33)27(34)40)24(37)32-14-16-3-2-4-19(28)23(16)29/h4-8,13,15,26H,9-12,14,16-18H2,1-3H3,(H,33,39);2-6,13,15,20H,7-12,14H2,1H3,(H2,30,38)(H,31,39)(H,32,37)(H,41,42)/t26-;20-/m00/s1. The summed E-state index contributed by atoms with van der Waals surface area (Å²) in [5, 5.41) is 11.9. The van der Waals surface area contributed by atoms with E-state index in [9.17, 15) is 56.6 Å². The van der Waals surface area contributed by atoms with Crippen LogP contribution in [-0.4, -0.2) is 173 Å². The Balaban J connectivity index is 0.000000208. The van der Waals surface area contributed by atoms with Crippen LogP contribution in [0.5, 0.6) is 11.5 Å². The number of nitrogens with zero attached hydrogens (tertiary/aromatic N) is 7. The van der Waals surface area contributed by atoms with Gasteiger partial charge in [-0.2, -0.15) is 0 Å². The second-order valence-electron chi connectivity index (χ2n) is 22.2. The number of amides is 8. The number of morpholine rings is 1. The van der Waals surface area contributed by atoms with Crippen LogP contribution in [-0.2, 0) is 43.3 Å². The Morgan fingerprint density at radius 3 is 2.06 bits per heavy atom. The third kappa shape index (κ3) is 14.7. The fourth-order valence-corrected chi connectivity index (χ4v) is 14.7. The molecule has 6 N–H and O–H groups in total. The van der Waals surface area contributed by atoms with Crippen molar-refractivity contribution in [1.82, 2.24) is 44.9 Å². The van der Waals surface area contributed by atoms with Gasteiger partial charge in [0.25, 0.3) is 0 Å². The van der Waals surface area contributed by atoms with Crippen LogP contribution in [0.25, 0.3) is 21.8 Å². The number of nitrogens with one attached hydrogen (secondary N) is 3. The molecule has 462 valence electrons. The van der Waals surface area contributed by atoms with Crippen molar-refractivity contribution in [3.05, 3.63) is 124 Å². The number of carbonyl (C=O) groups is 8. The smallest absolute Gasteiger partial charge is 0.410 e. The van der Waals surface area contributed by atoms with Crippen LogP contribution in [0, 0.1) is 11.6 Å². The molecule has 0 spiro atoms. The molecule has 0 bridgehead atoms. The maximum absolute atomic E-state index is 14.4. The lowest BCUT2D eigenvalue weighted by molar-refractivity contribution is -0.138. The number of urea groups is 1. The van der Waals surface area contributed by atoms with E-state index >= 15 is 0 Å². The minimum Gasteiger partial charge on any atom is -0.410 e. The van der Waals surface area contributed by atoms with Crippen LogP contribution in [0.15, 0.2) is 85.2 Å². The van der Waals surface area contributed by atoms with Crippen LogP contribution in [0.4, 0.5) is 33.6 Å². The molecule has 0 radical (unpaired) electrons. The Hall–Kier alpha value is -7.91. The maximum Gasteiger partial charge on any atom is 0.415 e. The Morgan fingerprint density at radius 1 is 0.793 bits per heavy atom. The van der Waals surface area contributed by atoms with Gasteiger partial charge in [0.15, 0.2) is 13.2 Å². The number of hydrazine groups is 1. The summed E-state index contributed by atoms with van der Waals surface area (Å²) in [7, 11) is -5.23. The van der Waals surface area contributed by atoms with Crippen LogP contribution < -0.4 is 36.1 Å². The lowest BCUT2D eigenvalue weighted by atomic mass is 10.1. The number of anilines is 1. The summed E-state index contributed by atoms with van der Waals surface area (Å²) in [5.41, 5.74) is 7.71. The van der Waals surface area contributed by atoms with Gasteiger partial charge in [-0.3, -0.25) is 33.2 Å². The number of halogens is 4. The summed E-state index contributed by atoms with van der Waals surface area (Å²) in [6, 6.07) is 16.2. The molecule has 24 nitrogen and oxygen atoms in total. The highest BCUT2D eigenvalue weighted by Crippen LogP contribution is 2.37. The highest BCUT2D eigenvalue weighted by molar-refractivity contribution is 7.57. The van der Waals surface area contributed by atoms with Gasteiger partial charge < -0.3 is 55.2 Å². The second-order valence-corrected chi connectivity index (χ2v) is 30.6. The molecule has 6 heterocycles. The van der Waals surface area contributed by atoms with Crippen LogP contribution in [0.3, 0.4) is 0 Å². The number of hydrogen-bond acceptors (Lipinski definition) is 13. The number of primary amides is 1. The molecule has 4 saturated heterocycles. The molecule has 0 aliphatic carbocycles. The number of aromatic nitrogens is 2. The summed E-state index contributed by atoms with van der Waals surface area (Å²) in [5.74, 6) is -2.13. The molecule has 8 amide bonds. The van der Waals surface area contributed by atoms with E-state index in [0.29, 0.717) is 85.6 Å². The molecule has 30 heteroatoms. The molecule has 6 aromatic rings. The van der Waals surface area contributed by atoms with Crippen LogP contribution in [0.2, 0.25) is 29.2 Å². The Kier molecular flexibility index (Phi) is 19.4. The number of ketones is 1. The first-order valence-corrected chi connectivity index (χ1v) is 34.2. The molecule has 2 aromatic heterocycles. The number of fused-ring (bicyclic) bond motifs is 3. The molecule has 3 atom stereocenters. The van der Waals surface area contributed by atoms with Gasteiger partial charge in [0.1, 0.15) is 41.8 Å². The van der Waals surface area contributed by atoms with Gasteiger partial charge in [0.05, 0.1) is 42.5 Å². The molecular formula is C57H64Cl2F2N11O13PSi. The number of Topliss-reactive ketones (excluding diaryl/α,β-unsaturated/α-hetero) is 1. The average molecular weight is 1280 g/mol. The zero-order chi connectivity index (χ0) is 62.6. The van der Waals surface area contributed by atoms with Crippen LogP contribution in [0.1, 0.15) is 34.8 Å². The summed E-state index contributed by atoms with van der Waals surface area (Å²) in [4.78, 5) is 118. The molecule has 1 unspecified atom stereocenters. The zero-order valence-corrected chi connectivity index (χ0v) is 51.3. The van der Waals surface area contributed by atoms with Gasteiger partial charge in [0, 0.05) is 123 Å². The first kappa shape index (κ1) is 63.6. The molecule has 87 heavy (non-hydrogen) atoms.